The number of thiophene rings is 1. The molecule has 0 fully saturated rings. The van der Waals surface area contributed by atoms with Crippen LogP contribution in [-0.2, 0) is 23.1 Å². The Morgan fingerprint density at radius 2 is 1.93 bits per heavy atom. The molecule has 2 heterocycles. The van der Waals surface area contributed by atoms with Crippen molar-refractivity contribution >= 4 is 38.2 Å². The van der Waals surface area contributed by atoms with Crippen LogP contribution in [0, 0.1) is 0 Å². The van der Waals surface area contributed by atoms with Crippen LogP contribution in [-0.4, -0.2) is 50.9 Å². The molecule has 0 radical (unpaired) electrons. The molecular weight excluding hydrogens is 406 g/mol. The number of nitrogens with one attached hydrogen (secondary N) is 2. The maximum Gasteiger partial charge on any atom is 0.252 e. The van der Waals surface area contributed by atoms with Gasteiger partial charge in [-0.2, -0.15) is 0 Å². The monoisotopic (exact) mass is 433 g/mol. The van der Waals surface area contributed by atoms with E-state index in [-0.39, 0.29) is 0 Å². The van der Waals surface area contributed by atoms with Crippen LogP contribution in [0.1, 0.15) is 11.3 Å². The lowest BCUT2D eigenvalue weighted by molar-refractivity contribution is 0.523. The minimum Gasteiger partial charge on any atom is -0.356 e. The van der Waals surface area contributed by atoms with Gasteiger partial charge in [0.2, 0.25) is 0 Å². The SMILES string of the molecule is CN=C(NCCCn1ccc2ccccc21)NCc1ccc(S(=O)(=O)N(C)C)s1. The summed E-state index contributed by atoms with van der Waals surface area (Å²) in [5.74, 6) is 0.702. The zero-order chi connectivity index (χ0) is 20.9. The predicted octanol–water partition coefficient (Wildman–Crippen LogP) is 2.71. The minimum absolute atomic E-state index is 0.348. The number of benzene rings is 1. The van der Waals surface area contributed by atoms with Crippen molar-refractivity contribution in [1.82, 2.24) is 19.5 Å². The van der Waals surface area contributed by atoms with E-state index in [0.29, 0.717) is 16.7 Å². The highest BCUT2D eigenvalue weighted by Gasteiger charge is 2.19. The third-order valence-electron chi connectivity index (χ3n) is 4.57. The molecule has 0 bridgehead atoms. The lowest BCUT2D eigenvalue weighted by Crippen LogP contribution is -2.37. The summed E-state index contributed by atoms with van der Waals surface area (Å²) in [5, 5.41) is 7.80. The summed E-state index contributed by atoms with van der Waals surface area (Å²) in [6.45, 7) is 2.24. The van der Waals surface area contributed by atoms with Gasteiger partial charge in [0, 0.05) is 50.8 Å². The first-order valence-electron chi connectivity index (χ1n) is 9.41. The largest absolute Gasteiger partial charge is 0.356 e. The van der Waals surface area contributed by atoms with Crippen LogP contribution in [0.3, 0.4) is 0 Å². The summed E-state index contributed by atoms with van der Waals surface area (Å²) in [4.78, 5) is 5.17. The molecular formula is C20H27N5O2S2. The van der Waals surface area contributed by atoms with Gasteiger partial charge in [0.1, 0.15) is 4.21 Å². The molecule has 2 aromatic heterocycles. The molecule has 0 atom stereocenters. The number of aryl methyl sites for hydroxylation is 1. The number of nitrogens with zero attached hydrogens (tertiary/aromatic N) is 3. The molecule has 3 rings (SSSR count). The molecule has 2 N–H and O–H groups in total. The Morgan fingerprint density at radius 1 is 1.14 bits per heavy atom. The molecule has 0 saturated heterocycles. The van der Waals surface area contributed by atoms with Gasteiger partial charge < -0.3 is 15.2 Å². The van der Waals surface area contributed by atoms with Gasteiger partial charge >= 0.3 is 0 Å². The number of aromatic nitrogens is 1. The van der Waals surface area contributed by atoms with E-state index in [9.17, 15) is 8.42 Å². The average molecular weight is 434 g/mol. The van der Waals surface area contributed by atoms with Crippen molar-refractivity contribution in [3.63, 3.8) is 0 Å². The van der Waals surface area contributed by atoms with Crippen LogP contribution in [0.4, 0.5) is 0 Å². The quantitative estimate of drug-likeness (QED) is 0.325. The van der Waals surface area contributed by atoms with Gasteiger partial charge in [0.25, 0.3) is 10.0 Å². The second-order valence-electron chi connectivity index (χ2n) is 6.78. The summed E-state index contributed by atoms with van der Waals surface area (Å²) in [6.07, 6.45) is 3.08. The van der Waals surface area contributed by atoms with E-state index in [1.807, 2.05) is 6.07 Å². The molecule has 9 heteroatoms. The fraction of sp³-hybridized carbons (Fsp3) is 0.350. The number of para-hydroxylation sites is 1. The van der Waals surface area contributed by atoms with Crippen LogP contribution < -0.4 is 10.6 Å². The van der Waals surface area contributed by atoms with E-state index in [0.717, 1.165) is 24.4 Å². The Morgan fingerprint density at radius 3 is 2.69 bits per heavy atom. The van der Waals surface area contributed by atoms with Crippen molar-refractivity contribution in [3.8, 4) is 0 Å². The Balaban J connectivity index is 1.46. The maximum absolute atomic E-state index is 12.2. The number of aliphatic imine (C=N–C) groups is 1. The van der Waals surface area contributed by atoms with Crippen molar-refractivity contribution < 1.29 is 8.42 Å². The molecule has 0 aliphatic heterocycles. The van der Waals surface area contributed by atoms with Crippen LogP contribution in [0.2, 0.25) is 0 Å². The fourth-order valence-electron chi connectivity index (χ4n) is 2.96. The summed E-state index contributed by atoms with van der Waals surface area (Å²) in [7, 11) is 1.42. The summed E-state index contributed by atoms with van der Waals surface area (Å²) in [5.41, 5.74) is 1.25. The first-order chi connectivity index (χ1) is 13.9. The van der Waals surface area contributed by atoms with Crippen molar-refractivity contribution in [3.05, 3.63) is 53.5 Å². The standard InChI is InChI=1S/C20H27N5O2S2/c1-21-20(23-15-17-9-10-19(28-17)29(26,27)24(2)3)22-12-6-13-25-14-11-16-7-4-5-8-18(16)25/h4-5,7-11,14H,6,12-13,15H2,1-3H3,(H2,21,22,23). The highest BCUT2D eigenvalue weighted by atomic mass is 32.2. The van der Waals surface area contributed by atoms with Gasteiger partial charge in [-0.15, -0.1) is 11.3 Å². The summed E-state index contributed by atoms with van der Waals surface area (Å²) < 4.78 is 28.2. The van der Waals surface area contributed by atoms with Gasteiger partial charge in [-0.1, -0.05) is 18.2 Å². The zero-order valence-electron chi connectivity index (χ0n) is 16.9. The topological polar surface area (TPSA) is 78.7 Å². The van der Waals surface area contributed by atoms with Crippen molar-refractivity contribution in [1.29, 1.82) is 0 Å². The molecule has 7 nitrogen and oxygen atoms in total. The normalized spacial score (nSPS) is 12.6. The third-order valence-corrected chi connectivity index (χ3v) is 7.94. The highest BCUT2D eigenvalue weighted by Crippen LogP contribution is 2.23. The van der Waals surface area contributed by atoms with E-state index in [2.05, 4.69) is 56.7 Å². The lowest BCUT2D eigenvalue weighted by Gasteiger charge is -2.12. The molecule has 0 amide bonds. The molecule has 0 spiro atoms. The molecule has 0 aliphatic rings. The number of hydrogen-bond donors (Lipinski definition) is 2. The van der Waals surface area contributed by atoms with E-state index in [4.69, 9.17) is 0 Å². The predicted molar refractivity (Wildman–Crippen MR) is 120 cm³/mol. The number of guanidine groups is 1. The van der Waals surface area contributed by atoms with E-state index >= 15 is 0 Å². The number of hydrogen-bond acceptors (Lipinski definition) is 4. The summed E-state index contributed by atoms with van der Waals surface area (Å²) >= 11 is 1.27. The molecule has 29 heavy (non-hydrogen) atoms. The highest BCUT2D eigenvalue weighted by molar-refractivity contribution is 7.91. The van der Waals surface area contributed by atoms with Crippen LogP contribution in [0.15, 0.2) is 57.9 Å². The Labute approximate surface area is 176 Å². The smallest absolute Gasteiger partial charge is 0.252 e. The van der Waals surface area contributed by atoms with Crippen molar-refractivity contribution in [2.24, 2.45) is 4.99 Å². The fourth-order valence-corrected chi connectivity index (χ4v) is 5.42. The molecule has 3 aromatic rings. The van der Waals surface area contributed by atoms with Gasteiger partial charge in [0.15, 0.2) is 5.96 Å². The van der Waals surface area contributed by atoms with Gasteiger partial charge in [-0.3, -0.25) is 4.99 Å². The van der Waals surface area contributed by atoms with Crippen molar-refractivity contribution in [2.45, 2.75) is 23.7 Å². The maximum atomic E-state index is 12.2. The van der Waals surface area contributed by atoms with E-state index in [1.54, 1.807) is 13.1 Å². The Bertz CT molecular complexity index is 1080. The average Bonchev–Trinajstić information content (AvgIpc) is 3.35. The minimum atomic E-state index is -3.38. The van der Waals surface area contributed by atoms with Gasteiger partial charge in [-0.25, -0.2) is 12.7 Å². The summed E-state index contributed by atoms with van der Waals surface area (Å²) in [6, 6.07) is 14.0. The molecule has 0 saturated carbocycles. The molecule has 1 aromatic carbocycles. The first kappa shape index (κ1) is 21.4. The first-order valence-corrected chi connectivity index (χ1v) is 11.7. The van der Waals surface area contributed by atoms with Gasteiger partial charge in [-0.05, 0) is 36.1 Å². The third kappa shape index (κ3) is 5.17. The molecule has 156 valence electrons. The van der Waals surface area contributed by atoms with Crippen molar-refractivity contribution in [2.75, 3.05) is 27.7 Å². The molecule has 0 aliphatic carbocycles. The second kappa shape index (κ2) is 9.43. The van der Waals surface area contributed by atoms with E-state index < -0.39 is 10.0 Å². The number of rotatable bonds is 8. The van der Waals surface area contributed by atoms with Crippen LogP contribution in [0.5, 0.6) is 0 Å². The Kier molecular flexibility index (Phi) is 6.94. The second-order valence-corrected chi connectivity index (χ2v) is 10.3. The Hall–Kier alpha value is -2.36. The number of fused-ring (bicyclic) bond motifs is 1. The zero-order valence-corrected chi connectivity index (χ0v) is 18.6. The van der Waals surface area contributed by atoms with Crippen LogP contribution in [0.25, 0.3) is 10.9 Å². The lowest BCUT2D eigenvalue weighted by atomic mass is 10.2. The number of sulfonamides is 1. The van der Waals surface area contributed by atoms with E-state index in [1.165, 1.54) is 40.6 Å². The molecule has 0 unspecified atom stereocenters. The van der Waals surface area contributed by atoms with Gasteiger partial charge in [0.05, 0.1) is 6.54 Å². The van der Waals surface area contributed by atoms with Crippen LogP contribution >= 0.6 is 11.3 Å².